The van der Waals surface area contributed by atoms with E-state index in [1.54, 1.807) is 19.4 Å². The van der Waals surface area contributed by atoms with Gasteiger partial charge in [-0.3, -0.25) is 0 Å². The molecule has 0 amide bonds. The average Bonchev–Trinajstić information content (AvgIpc) is 2.05. The molecule has 1 aromatic rings. The molecule has 0 saturated carbocycles. The van der Waals surface area contributed by atoms with Crippen molar-refractivity contribution in [2.75, 3.05) is 7.11 Å². The molecule has 0 spiro atoms. The fourth-order valence-electron chi connectivity index (χ4n) is 0.541. The lowest BCUT2D eigenvalue weighted by atomic mass is 10.5. The predicted molar refractivity (Wildman–Crippen MR) is 45.6 cm³/mol. The largest absolute Gasteiger partial charge is 0.481 e. The van der Waals surface area contributed by atoms with Crippen LogP contribution in [0.15, 0.2) is 23.2 Å². The molecule has 0 N–H and O–H groups in total. The van der Waals surface area contributed by atoms with E-state index in [0.29, 0.717) is 5.88 Å². The van der Waals surface area contributed by atoms with Crippen LogP contribution in [-0.2, 0) is 0 Å². The van der Waals surface area contributed by atoms with Crippen molar-refractivity contribution < 1.29 is 4.74 Å². The molecule has 0 radical (unpaired) electrons. The molecule has 0 bridgehead atoms. The number of rotatable bonds is 2. The first kappa shape index (κ1) is 7.75. The quantitative estimate of drug-likeness (QED) is 0.546. The van der Waals surface area contributed by atoms with Gasteiger partial charge >= 0.3 is 0 Å². The molecular weight excluding hydrogens is 166 g/mol. The van der Waals surface area contributed by atoms with Crippen LogP contribution in [0.3, 0.4) is 0 Å². The highest BCUT2D eigenvalue weighted by Crippen LogP contribution is 2.21. The minimum atomic E-state index is 0.631. The van der Waals surface area contributed by atoms with Crippen LogP contribution >= 0.6 is 22.5 Å². The van der Waals surface area contributed by atoms with Crippen LogP contribution < -0.4 is 4.74 Å². The maximum atomic E-state index is 4.87. The van der Waals surface area contributed by atoms with Crippen LogP contribution in [0.1, 0.15) is 0 Å². The molecular formula is C6H7NOS2. The van der Waals surface area contributed by atoms with Gasteiger partial charge in [0.2, 0.25) is 5.88 Å². The zero-order chi connectivity index (χ0) is 7.40. The highest BCUT2D eigenvalue weighted by Gasteiger charge is 1.91. The molecule has 54 valence electrons. The van der Waals surface area contributed by atoms with E-state index in [-0.39, 0.29) is 0 Å². The van der Waals surface area contributed by atoms with Gasteiger partial charge in [0, 0.05) is 17.2 Å². The molecule has 10 heavy (non-hydrogen) atoms. The monoisotopic (exact) mass is 173 g/mol. The van der Waals surface area contributed by atoms with E-state index in [1.807, 2.05) is 6.07 Å². The first-order valence-corrected chi connectivity index (χ1v) is 4.55. The van der Waals surface area contributed by atoms with Crippen LogP contribution in [0.2, 0.25) is 0 Å². The minimum absolute atomic E-state index is 0.631. The van der Waals surface area contributed by atoms with Gasteiger partial charge in [-0.15, -0.1) is 11.7 Å². The highest BCUT2D eigenvalue weighted by atomic mass is 33.1. The summed E-state index contributed by atoms with van der Waals surface area (Å²) in [5.41, 5.74) is 0. The van der Waals surface area contributed by atoms with E-state index in [0.717, 1.165) is 4.90 Å². The number of pyridine rings is 1. The number of hydrogen-bond acceptors (Lipinski definition) is 4. The van der Waals surface area contributed by atoms with Crippen molar-refractivity contribution in [3.63, 3.8) is 0 Å². The molecule has 1 aromatic heterocycles. The Balaban J connectivity index is 2.80. The summed E-state index contributed by atoms with van der Waals surface area (Å²) < 4.78 is 4.87. The zero-order valence-corrected chi connectivity index (χ0v) is 7.15. The van der Waals surface area contributed by atoms with Crippen LogP contribution in [-0.4, -0.2) is 12.1 Å². The standard InChI is InChI=1S/C6H7NOS2/c1-8-6-3-2-5(10-9)4-7-6/h2-4,9H,1H3. The van der Waals surface area contributed by atoms with Crippen molar-refractivity contribution in [1.29, 1.82) is 0 Å². The molecule has 0 fully saturated rings. The number of thiol groups is 1. The van der Waals surface area contributed by atoms with Gasteiger partial charge in [-0.05, 0) is 6.07 Å². The maximum absolute atomic E-state index is 4.87. The van der Waals surface area contributed by atoms with Crippen molar-refractivity contribution in [2.45, 2.75) is 4.90 Å². The first-order valence-electron chi connectivity index (χ1n) is 2.68. The van der Waals surface area contributed by atoms with Gasteiger partial charge in [0.05, 0.1) is 7.11 Å². The Morgan fingerprint density at radius 3 is 2.80 bits per heavy atom. The Morgan fingerprint density at radius 2 is 2.40 bits per heavy atom. The van der Waals surface area contributed by atoms with Crippen molar-refractivity contribution in [2.24, 2.45) is 0 Å². The summed E-state index contributed by atoms with van der Waals surface area (Å²) >= 11 is 4.01. The first-order chi connectivity index (χ1) is 4.86. The molecule has 1 rings (SSSR count). The van der Waals surface area contributed by atoms with E-state index < -0.39 is 0 Å². The lowest BCUT2D eigenvalue weighted by Gasteiger charge is -1.97. The normalized spacial score (nSPS) is 9.40. The summed E-state index contributed by atoms with van der Waals surface area (Å²) in [6, 6.07) is 3.71. The summed E-state index contributed by atoms with van der Waals surface area (Å²) in [6.07, 6.45) is 1.72. The van der Waals surface area contributed by atoms with Gasteiger partial charge < -0.3 is 4.74 Å². The third kappa shape index (κ3) is 1.82. The summed E-state index contributed by atoms with van der Waals surface area (Å²) in [6.45, 7) is 0. The number of nitrogens with zero attached hydrogens (tertiary/aromatic N) is 1. The van der Waals surface area contributed by atoms with Gasteiger partial charge in [0.25, 0.3) is 0 Å². The highest BCUT2D eigenvalue weighted by molar-refractivity contribution is 8.68. The SMILES string of the molecule is COc1ccc(SS)cn1. The van der Waals surface area contributed by atoms with Crippen LogP contribution in [0, 0.1) is 0 Å². The van der Waals surface area contributed by atoms with Gasteiger partial charge in [0.1, 0.15) is 0 Å². The predicted octanol–water partition coefficient (Wildman–Crippen LogP) is 2.03. The van der Waals surface area contributed by atoms with Gasteiger partial charge in [-0.1, -0.05) is 10.8 Å². The smallest absolute Gasteiger partial charge is 0.212 e. The second-order valence-electron chi connectivity index (χ2n) is 1.63. The number of ether oxygens (including phenoxy) is 1. The molecule has 4 heteroatoms. The van der Waals surface area contributed by atoms with Crippen molar-refractivity contribution >= 4 is 22.5 Å². The second-order valence-corrected chi connectivity index (χ2v) is 2.83. The Bertz CT molecular complexity index is 176. The fourth-order valence-corrected chi connectivity index (χ4v) is 1.09. The average molecular weight is 173 g/mol. The van der Waals surface area contributed by atoms with E-state index in [9.17, 15) is 0 Å². The summed E-state index contributed by atoms with van der Waals surface area (Å²) in [4.78, 5) is 4.99. The number of aromatic nitrogens is 1. The third-order valence-electron chi connectivity index (χ3n) is 1.02. The molecule has 0 aromatic carbocycles. The minimum Gasteiger partial charge on any atom is -0.481 e. The van der Waals surface area contributed by atoms with Crippen LogP contribution in [0.25, 0.3) is 0 Å². The number of hydrogen-bond donors (Lipinski definition) is 1. The molecule has 1 heterocycles. The zero-order valence-electron chi connectivity index (χ0n) is 5.44. The van der Waals surface area contributed by atoms with Gasteiger partial charge in [0.15, 0.2) is 0 Å². The second kappa shape index (κ2) is 3.73. The Labute approximate surface area is 68.8 Å². The molecule has 0 aliphatic heterocycles. The van der Waals surface area contributed by atoms with Crippen molar-refractivity contribution in [1.82, 2.24) is 4.98 Å². The molecule has 2 nitrogen and oxygen atoms in total. The summed E-state index contributed by atoms with van der Waals surface area (Å²) in [7, 11) is 2.96. The van der Waals surface area contributed by atoms with E-state index in [4.69, 9.17) is 4.74 Å². The van der Waals surface area contributed by atoms with Gasteiger partial charge in [-0.2, -0.15) is 0 Å². The lowest BCUT2D eigenvalue weighted by molar-refractivity contribution is 0.397. The maximum Gasteiger partial charge on any atom is 0.212 e. The lowest BCUT2D eigenvalue weighted by Crippen LogP contribution is -1.85. The van der Waals surface area contributed by atoms with Crippen LogP contribution in [0.4, 0.5) is 0 Å². The fraction of sp³-hybridized carbons (Fsp3) is 0.167. The van der Waals surface area contributed by atoms with E-state index in [2.05, 4.69) is 16.6 Å². The molecule has 0 atom stereocenters. The van der Waals surface area contributed by atoms with Crippen molar-refractivity contribution in [3.05, 3.63) is 18.3 Å². The summed E-state index contributed by atoms with van der Waals surface area (Å²) in [5, 5.41) is 0. The molecule has 0 aliphatic rings. The third-order valence-corrected chi connectivity index (χ3v) is 2.11. The number of methoxy groups -OCH3 is 1. The Kier molecular flexibility index (Phi) is 2.89. The molecule has 0 saturated heterocycles. The topological polar surface area (TPSA) is 22.1 Å². The summed E-state index contributed by atoms with van der Waals surface area (Å²) in [5.74, 6) is 0.631. The van der Waals surface area contributed by atoms with Crippen LogP contribution in [0.5, 0.6) is 5.88 Å². The van der Waals surface area contributed by atoms with E-state index in [1.165, 1.54) is 10.8 Å². The molecule has 0 aliphatic carbocycles. The van der Waals surface area contributed by atoms with E-state index >= 15 is 0 Å². The molecule has 0 unspecified atom stereocenters. The van der Waals surface area contributed by atoms with Crippen molar-refractivity contribution in [3.8, 4) is 5.88 Å². The van der Waals surface area contributed by atoms with Gasteiger partial charge in [-0.25, -0.2) is 4.98 Å². The Hall–Kier alpha value is -0.350. The Morgan fingerprint density at radius 1 is 1.60 bits per heavy atom.